The zero-order valence-electron chi connectivity index (χ0n) is 11.4. The fraction of sp³-hybridized carbons (Fsp3) is 0.125. The van der Waals surface area contributed by atoms with Crippen LogP contribution in [0.15, 0.2) is 49.1 Å². The lowest BCUT2D eigenvalue weighted by atomic mass is 10.1. The lowest BCUT2D eigenvalue weighted by Crippen LogP contribution is -2.01. The molecule has 0 amide bonds. The van der Waals surface area contributed by atoms with Crippen LogP contribution in [0.2, 0.25) is 10.0 Å². The van der Waals surface area contributed by atoms with Crippen molar-refractivity contribution in [1.29, 1.82) is 0 Å². The van der Waals surface area contributed by atoms with Crippen LogP contribution in [-0.2, 0) is 6.54 Å². The van der Waals surface area contributed by atoms with Gasteiger partial charge in [-0.2, -0.15) is 0 Å². The highest BCUT2D eigenvalue weighted by Gasteiger charge is 2.05. The summed E-state index contributed by atoms with van der Waals surface area (Å²) >= 11 is 12.0. The number of aryl methyl sites for hydroxylation is 1. The SMILES string of the molecule is Cc1nccn1Cc1cncc(-c2ccc(Cl)c(Cl)c2)c1. The first-order chi connectivity index (χ1) is 10.1. The first kappa shape index (κ1) is 14.1. The standard InChI is InChI=1S/C16H13Cl2N3/c1-11-20-4-5-21(11)10-12-6-14(9-19-8-12)13-2-3-15(17)16(18)7-13/h2-9H,10H2,1H3. The Hall–Kier alpha value is -1.84. The van der Waals surface area contributed by atoms with Crippen molar-refractivity contribution in [3.05, 3.63) is 70.5 Å². The van der Waals surface area contributed by atoms with Gasteiger partial charge < -0.3 is 4.57 Å². The Kier molecular flexibility index (Phi) is 3.95. The van der Waals surface area contributed by atoms with E-state index >= 15 is 0 Å². The number of aromatic nitrogens is 3. The molecule has 1 aromatic carbocycles. The third-order valence-electron chi connectivity index (χ3n) is 3.32. The van der Waals surface area contributed by atoms with Gasteiger partial charge in [0.1, 0.15) is 5.82 Å². The first-order valence-electron chi connectivity index (χ1n) is 6.50. The number of pyridine rings is 1. The minimum atomic E-state index is 0.546. The van der Waals surface area contributed by atoms with Gasteiger partial charge in [-0.25, -0.2) is 4.98 Å². The van der Waals surface area contributed by atoms with Crippen LogP contribution < -0.4 is 0 Å². The number of halogens is 2. The fourth-order valence-electron chi connectivity index (χ4n) is 2.18. The Morgan fingerprint density at radius 3 is 2.62 bits per heavy atom. The van der Waals surface area contributed by atoms with Gasteiger partial charge in [0.2, 0.25) is 0 Å². The third-order valence-corrected chi connectivity index (χ3v) is 4.06. The zero-order valence-corrected chi connectivity index (χ0v) is 12.9. The molecular formula is C16H13Cl2N3. The van der Waals surface area contributed by atoms with E-state index in [1.807, 2.05) is 37.6 Å². The summed E-state index contributed by atoms with van der Waals surface area (Å²) in [6.07, 6.45) is 7.44. The van der Waals surface area contributed by atoms with E-state index in [1.165, 1.54) is 0 Å². The Morgan fingerprint density at radius 1 is 1.05 bits per heavy atom. The van der Waals surface area contributed by atoms with Crippen LogP contribution in [0.1, 0.15) is 11.4 Å². The normalized spacial score (nSPS) is 10.8. The summed E-state index contributed by atoms with van der Waals surface area (Å²) in [4.78, 5) is 8.54. The second-order valence-corrected chi connectivity index (χ2v) is 5.63. The molecule has 3 nitrogen and oxygen atoms in total. The molecule has 106 valence electrons. The van der Waals surface area contributed by atoms with Crippen LogP contribution in [0.5, 0.6) is 0 Å². The molecule has 0 aliphatic heterocycles. The fourth-order valence-corrected chi connectivity index (χ4v) is 2.47. The van der Waals surface area contributed by atoms with E-state index in [0.717, 1.165) is 29.1 Å². The third kappa shape index (κ3) is 3.09. The van der Waals surface area contributed by atoms with Crippen LogP contribution in [-0.4, -0.2) is 14.5 Å². The van der Waals surface area contributed by atoms with Crippen molar-refractivity contribution in [1.82, 2.24) is 14.5 Å². The molecule has 0 aliphatic rings. The van der Waals surface area contributed by atoms with Crippen molar-refractivity contribution < 1.29 is 0 Å². The number of rotatable bonds is 3. The lowest BCUT2D eigenvalue weighted by Gasteiger charge is -2.08. The topological polar surface area (TPSA) is 30.7 Å². The largest absolute Gasteiger partial charge is 0.331 e. The molecule has 3 aromatic rings. The monoisotopic (exact) mass is 317 g/mol. The number of hydrogen-bond acceptors (Lipinski definition) is 2. The van der Waals surface area contributed by atoms with Gasteiger partial charge in [-0.1, -0.05) is 29.3 Å². The van der Waals surface area contributed by atoms with Crippen molar-refractivity contribution in [3.8, 4) is 11.1 Å². The maximum absolute atomic E-state index is 6.07. The van der Waals surface area contributed by atoms with E-state index in [1.54, 1.807) is 12.3 Å². The maximum Gasteiger partial charge on any atom is 0.105 e. The summed E-state index contributed by atoms with van der Waals surface area (Å²) in [7, 11) is 0. The highest BCUT2D eigenvalue weighted by Crippen LogP contribution is 2.28. The molecule has 0 saturated heterocycles. The molecular weight excluding hydrogens is 305 g/mol. The Morgan fingerprint density at radius 2 is 1.90 bits per heavy atom. The van der Waals surface area contributed by atoms with E-state index in [0.29, 0.717) is 10.0 Å². The Bertz CT molecular complexity index is 781. The highest BCUT2D eigenvalue weighted by molar-refractivity contribution is 6.42. The summed E-state index contributed by atoms with van der Waals surface area (Å²) in [5.41, 5.74) is 3.13. The van der Waals surface area contributed by atoms with Crippen LogP contribution in [0, 0.1) is 6.92 Å². The van der Waals surface area contributed by atoms with Crippen molar-refractivity contribution in [2.75, 3.05) is 0 Å². The van der Waals surface area contributed by atoms with Crippen molar-refractivity contribution in [2.24, 2.45) is 0 Å². The molecule has 5 heteroatoms. The molecule has 3 rings (SSSR count). The molecule has 0 bridgehead atoms. The molecule has 0 spiro atoms. The predicted octanol–water partition coefficient (Wildman–Crippen LogP) is 4.61. The molecule has 2 aromatic heterocycles. The van der Waals surface area contributed by atoms with Gasteiger partial charge in [-0.3, -0.25) is 4.98 Å². The second-order valence-electron chi connectivity index (χ2n) is 4.81. The van der Waals surface area contributed by atoms with E-state index in [9.17, 15) is 0 Å². The summed E-state index contributed by atoms with van der Waals surface area (Å²) in [6.45, 7) is 2.73. The van der Waals surface area contributed by atoms with Gasteiger partial charge in [0.15, 0.2) is 0 Å². The molecule has 0 radical (unpaired) electrons. The van der Waals surface area contributed by atoms with Crippen molar-refractivity contribution >= 4 is 23.2 Å². The van der Waals surface area contributed by atoms with Gasteiger partial charge in [0, 0.05) is 30.4 Å². The average Bonchev–Trinajstić information content (AvgIpc) is 2.88. The summed E-state index contributed by atoms with van der Waals surface area (Å²) < 4.78 is 2.08. The molecule has 0 unspecified atom stereocenters. The van der Waals surface area contributed by atoms with Crippen molar-refractivity contribution in [2.45, 2.75) is 13.5 Å². The molecule has 0 saturated carbocycles. The van der Waals surface area contributed by atoms with Crippen LogP contribution in [0.4, 0.5) is 0 Å². The molecule has 2 heterocycles. The highest BCUT2D eigenvalue weighted by atomic mass is 35.5. The van der Waals surface area contributed by atoms with Gasteiger partial charge in [0.25, 0.3) is 0 Å². The summed E-state index contributed by atoms with van der Waals surface area (Å²) in [5.74, 6) is 0.981. The van der Waals surface area contributed by atoms with E-state index < -0.39 is 0 Å². The minimum Gasteiger partial charge on any atom is -0.331 e. The zero-order chi connectivity index (χ0) is 14.8. The number of imidazole rings is 1. The Labute approximate surface area is 133 Å². The maximum atomic E-state index is 6.07. The lowest BCUT2D eigenvalue weighted by molar-refractivity contribution is 0.759. The molecule has 0 aliphatic carbocycles. The Balaban J connectivity index is 1.92. The van der Waals surface area contributed by atoms with Crippen LogP contribution in [0.3, 0.4) is 0 Å². The van der Waals surface area contributed by atoms with Gasteiger partial charge in [-0.05, 0) is 36.2 Å². The van der Waals surface area contributed by atoms with Gasteiger partial charge in [0.05, 0.1) is 16.6 Å². The summed E-state index contributed by atoms with van der Waals surface area (Å²) in [6, 6.07) is 7.70. The first-order valence-corrected chi connectivity index (χ1v) is 7.26. The van der Waals surface area contributed by atoms with Crippen molar-refractivity contribution in [3.63, 3.8) is 0 Å². The van der Waals surface area contributed by atoms with E-state index in [-0.39, 0.29) is 0 Å². The van der Waals surface area contributed by atoms with Crippen LogP contribution in [0.25, 0.3) is 11.1 Å². The summed E-state index contributed by atoms with van der Waals surface area (Å²) in [5, 5.41) is 1.10. The number of hydrogen-bond donors (Lipinski definition) is 0. The van der Waals surface area contributed by atoms with Crippen LogP contribution >= 0.6 is 23.2 Å². The van der Waals surface area contributed by atoms with E-state index in [2.05, 4.69) is 20.6 Å². The van der Waals surface area contributed by atoms with E-state index in [4.69, 9.17) is 23.2 Å². The minimum absolute atomic E-state index is 0.546. The average molecular weight is 318 g/mol. The number of benzene rings is 1. The van der Waals surface area contributed by atoms with Gasteiger partial charge >= 0.3 is 0 Å². The smallest absolute Gasteiger partial charge is 0.105 e. The molecule has 0 N–H and O–H groups in total. The molecule has 21 heavy (non-hydrogen) atoms. The quantitative estimate of drug-likeness (QED) is 0.706. The molecule has 0 fully saturated rings. The second kappa shape index (κ2) is 5.88. The predicted molar refractivity (Wildman–Crippen MR) is 85.8 cm³/mol. The molecule has 0 atom stereocenters. The van der Waals surface area contributed by atoms with Gasteiger partial charge in [-0.15, -0.1) is 0 Å². The number of nitrogens with zero attached hydrogens (tertiary/aromatic N) is 3.